The minimum atomic E-state index is -1.67. The third-order valence-corrected chi connectivity index (χ3v) is 7.88. The first-order valence-corrected chi connectivity index (χ1v) is 12.6. The molecule has 0 radical (unpaired) electrons. The van der Waals surface area contributed by atoms with Gasteiger partial charge >= 0.3 is 0 Å². The van der Waals surface area contributed by atoms with Crippen molar-refractivity contribution in [2.75, 3.05) is 0 Å². The molecule has 2 nitrogen and oxygen atoms in total. The van der Waals surface area contributed by atoms with Crippen molar-refractivity contribution in [3.63, 3.8) is 0 Å². The van der Waals surface area contributed by atoms with Crippen molar-refractivity contribution in [3.8, 4) is 11.8 Å². The summed E-state index contributed by atoms with van der Waals surface area (Å²) in [5.41, 5.74) is 3.00. The van der Waals surface area contributed by atoms with Gasteiger partial charge in [0.05, 0.1) is 0 Å². The zero-order valence-electron chi connectivity index (χ0n) is 20.4. The number of hydrogen-bond acceptors (Lipinski definition) is 2. The van der Waals surface area contributed by atoms with Gasteiger partial charge in [-0.2, -0.15) is 0 Å². The molecule has 3 heteroatoms. The highest BCUT2D eigenvalue weighted by atomic mass is 19.1. The standard InChI is InChI=1S/C34H27FO2/c1-2-33(36)29-14-7-4-11-25(29)22-24(26-12-5-8-15-30(26)33)20-21-34(37)28-13-6-3-10-23(28)18-19-27-31(34)16-9-17-32(27)35/h2-17,24,36-37H,1,18-19,22H2. The lowest BCUT2D eigenvalue weighted by Gasteiger charge is -2.28. The van der Waals surface area contributed by atoms with Gasteiger partial charge in [-0.1, -0.05) is 109 Å². The van der Waals surface area contributed by atoms with Crippen LogP contribution in [-0.2, 0) is 30.5 Å². The van der Waals surface area contributed by atoms with Crippen molar-refractivity contribution in [2.45, 2.75) is 36.4 Å². The lowest BCUT2D eigenvalue weighted by Crippen LogP contribution is -2.27. The molecule has 0 aromatic heterocycles. The molecule has 0 fully saturated rings. The Morgan fingerprint density at radius 2 is 1.41 bits per heavy atom. The fraction of sp³-hybridized carbons (Fsp3) is 0.176. The Morgan fingerprint density at radius 3 is 2.19 bits per heavy atom. The van der Waals surface area contributed by atoms with Gasteiger partial charge in [-0.25, -0.2) is 4.39 Å². The molecule has 0 heterocycles. The fourth-order valence-electron chi connectivity index (χ4n) is 6.02. The summed E-state index contributed by atoms with van der Waals surface area (Å²) in [5.74, 6) is 5.99. The van der Waals surface area contributed by atoms with E-state index >= 15 is 0 Å². The highest BCUT2D eigenvalue weighted by Gasteiger charge is 2.39. The summed E-state index contributed by atoms with van der Waals surface area (Å²) in [5, 5.41) is 24.1. The summed E-state index contributed by atoms with van der Waals surface area (Å²) in [4.78, 5) is 0. The van der Waals surface area contributed by atoms with Crippen LogP contribution in [0.5, 0.6) is 0 Å². The van der Waals surface area contributed by atoms with Crippen LogP contribution in [0.1, 0.15) is 50.4 Å². The number of aryl methyl sites for hydroxylation is 1. The highest BCUT2D eigenvalue weighted by Crippen LogP contribution is 2.43. The number of fused-ring (bicyclic) bond motifs is 4. The van der Waals surface area contributed by atoms with Crippen molar-refractivity contribution in [1.29, 1.82) is 0 Å². The summed E-state index contributed by atoms with van der Waals surface area (Å²) < 4.78 is 15.0. The highest BCUT2D eigenvalue weighted by molar-refractivity contribution is 5.57. The van der Waals surface area contributed by atoms with Gasteiger partial charge in [0.25, 0.3) is 0 Å². The largest absolute Gasteiger partial charge is 0.377 e. The second kappa shape index (κ2) is 8.85. The molecule has 0 amide bonds. The molecule has 2 aliphatic rings. The van der Waals surface area contributed by atoms with Crippen LogP contribution in [-0.4, -0.2) is 10.2 Å². The van der Waals surface area contributed by atoms with Crippen LogP contribution in [0, 0.1) is 17.7 Å². The van der Waals surface area contributed by atoms with E-state index in [2.05, 4.69) is 18.4 Å². The van der Waals surface area contributed by atoms with Crippen molar-refractivity contribution < 1.29 is 14.6 Å². The maximum atomic E-state index is 15.0. The van der Waals surface area contributed by atoms with Crippen LogP contribution in [0.2, 0.25) is 0 Å². The summed E-state index contributed by atoms with van der Waals surface area (Å²) in [6, 6.07) is 28.1. The Labute approximate surface area is 216 Å². The van der Waals surface area contributed by atoms with Gasteiger partial charge in [-0.15, -0.1) is 0 Å². The second-order valence-electron chi connectivity index (χ2n) is 9.87. The average molecular weight is 487 g/mol. The van der Waals surface area contributed by atoms with Crippen LogP contribution < -0.4 is 0 Å². The smallest absolute Gasteiger partial charge is 0.177 e. The van der Waals surface area contributed by atoms with E-state index in [1.807, 2.05) is 72.8 Å². The third-order valence-electron chi connectivity index (χ3n) is 7.88. The molecule has 0 aliphatic heterocycles. The van der Waals surface area contributed by atoms with Crippen LogP contribution in [0.15, 0.2) is 104 Å². The lowest BCUT2D eigenvalue weighted by atomic mass is 9.82. The summed E-state index contributed by atoms with van der Waals surface area (Å²) in [6.45, 7) is 3.96. The molecular weight excluding hydrogens is 459 g/mol. The van der Waals surface area contributed by atoms with Crippen LogP contribution in [0.3, 0.4) is 0 Å². The van der Waals surface area contributed by atoms with Gasteiger partial charge in [0.15, 0.2) is 5.60 Å². The van der Waals surface area contributed by atoms with Crippen LogP contribution >= 0.6 is 0 Å². The third kappa shape index (κ3) is 3.64. The number of aliphatic hydroxyl groups is 2. The van der Waals surface area contributed by atoms with E-state index in [1.165, 1.54) is 6.07 Å². The fourth-order valence-corrected chi connectivity index (χ4v) is 6.02. The normalized spacial score (nSPS) is 23.6. The monoisotopic (exact) mass is 486 g/mol. The summed E-state index contributed by atoms with van der Waals surface area (Å²) in [7, 11) is 0. The van der Waals surface area contributed by atoms with Crippen LogP contribution in [0.4, 0.5) is 4.39 Å². The quantitative estimate of drug-likeness (QED) is 0.259. The van der Waals surface area contributed by atoms with E-state index in [9.17, 15) is 14.6 Å². The zero-order valence-corrected chi connectivity index (χ0v) is 20.4. The average Bonchev–Trinajstić information content (AvgIpc) is 3.13. The van der Waals surface area contributed by atoms with E-state index in [1.54, 1.807) is 18.2 Å². The van der Waals surface area contributed by atoms with Gasteiger partial charge in [0.1, 0.15) is 11.4 Å². The SMILES string of the molecule is C=CC1(O)c2ccccc2CC(C#CC2(O)c3ccccc3CCc3c(F)cccc32)c2ccccc21. The molecule has 37 heavy (non-hydrogen) atoms. The number of hydrogen-bond donors (Lipinski definition) is 2. The predicted molar refractivity (Wildman–Crippen MR) is 144 cm³/mol. The van der Waals surface area contributed by atoms with E-state index in [0.29, 0.717) is 36.0 Å². The molecule has 0 saturated heterocycles. The molecule has 0 spiro atoms. The number of halogens is 1. The molecule has 2 aliphatic carbocycles. The van der Waals surface area contributed by atoms with E-state index in [-0.39, 0.29) is 11.7 Å². The van der Waals surface area contributed by atoms with Crippen molar-refractivity contribution in [1.82, 2.24) is 0 Å². The van der Waals surface area contributed by atoms with E-state index < -0.39 is 11.2 Å². The Morgan fingerprint density at radius 1 is 0.757 bits per heavy atom. The van der Waals surface area contributed by atoms with Gasteiger partial charge in [-0.3, -0.25) is 0 Å². The topological polar surface area (TPSA) is 40.5 Å². The van der Waals surface area contributed by atoms with Gasteiger partial charge in [-0.05, 0) is 58.7 Å². The molecule has 3 atom stereocenters. The van der Waals surface area contributed by atoms with E-state index in [4.69, 9.17) is 0 Å². The first-order chi connectivity index (χ1) is 18.0. The molecule has 4 aromatic rings. The molecule has 182 valence electrons. The maximum Gasteiger partial charge on any atom is 0.177 e. The van der Waals surface area contributed by atoms with E-state index in [0.717, 1.165) is 27.8 Å². The zero-order chi connectivity index (χ0) is 25.6. The van der Waals surface area contributed by atoms with Crippen molar-refractivity contribution in [3.05, 3.63) is 154 Å². The van der Waals surface area contributed by atoms with Gasteiger partial charge in [0, 0.05) is 17.0 Å². The summed E-state index contributed by atoms with van der Waals surface area (Å²) >= 11 is 0. The lowest BCUT2D eigenvalue weighted by molar-refractivity contribution is 0.134. The molecule has 3 unspecified atom stereocenters. The Bertz CT molecular complexity index is 1590. The predicted octanol–water partition coefficient (Wildman–Crippen LogP) is 5.93. The molecule has 6 rings (SSSR count). The molecular formula is C34H27FO2. The van der Waals surface area contributed by atoms with Crippen molar-refractivity contribution in [2.24, 2.45) is 0 Å². The first kappa shape index (κ1) is 23.4. The Kier molecular flexibility index (Phi) is 5.60. The second-order valence-corrected chi connectivity index (χ2v) is 9.87. The number of rotatable bonds is 1. The van der Waals surface area contributed by atoms with Gasteiger partial charge < -0.3 is 10.2 Å². The molecule has 2 N–H and O–H groups in total. The Balaban J connectivity index is 1.58. The number of benzene rings is 4. The van der Waals surface area contributed by atoms with Gasteiger partial charge in [0.2, 0.25) is 0 Å². The molecule has 4 aromatic carbocycles. The molecule has 0 bridgehead atoms. The minimum Gasteiger partial charge on any atom is -0.377 e. The molecule has 0 saturated carbocycles. The first-order valence-electron chi connectivity index (χ1n) is 12.6. The minimum absolute atomic E-state index is 0.303. The Hall–Kier alpha value is -3.97. The van der Waals surface area contributed by atoms with Crippen molar-refractivity contribution >= 4 is 0 Å². The maximum absolute atomic E-state index is 15.0. The van der Waals surface area contributed by atoms with Crippen LogP contribution in [0.25, 0.3) is 0 Å². The summed E-state index contributed by atoms with van der Waals surface area (Å²) in [6.07, 6.45) is 3.26.